The Morgan fingerprint density at radius 3 is 1.56 bits per heavy atom. The van der Waals surface area contributed by atoms with Crippen LogP contribution in [0, 0.1) is 11.8 Å². The molecule has 0 aromatic heterocycles. The van der Waals surface area contributed by atoms with Gasteiger partial charge in [-0.2, -0.15) is 0 Å². The predicted molar refractivity (Wildman–Crippen MR) is 170 cm³/mol. The first kappa shape index (κ1) is 40.6. The number of allylic oxidation sites excluding steroid dienone is 2. The van der Waals surface area contributed by atoms with Gasteiger partial charge in [0.15, 0.2) is 0 Å². The van der Waals surface area contributed by atoms with Gasteiger partial charge in [0.25, 0.3) is 0 Å². The van der Waals surface area contributed by atoms with Crippen molar-refractivity contribution in [3.05, 3.63) is 72.9 Å². The summed E-state index contributed by atoms with van der Waals surface area (Å²) in [4.78, 5) is 71.4. The van der Waals surface area contributed by atoms with Crippen LogP contribution in [0.5, 0.6) is 11.5 Å². The van der Waals surface area contributed by atoms with Crippen molar-refractivity contribution in [3.8, 4) is 11.5 Å². The first-order valence-electron chi connectivity index (χ1n) is 14.8. The number of carboxylic acids is 2. The van der Waals surface area contributed by atoms with Crippen LogP contribution in [0.3, 0.4) is 0 Å². The number of carboxylic acid groups (broad SMARTS) is 2. The van der Waals surface area contributed by atoms with E-state index in [0.717, 1.165) is 0 Å². The minimum absolute atomic E-state index is 0.0961. The van der Waals surface area contributed by atoms with Crippen molar-refractivity contribution in [2.75, 3.05) is 39.6 Å². The summed E-state index contributed by atoms with van der Waals surface area (Å²) in [5.74, 6) is -7.36. The molecule has 1 aromatic carbocycles. The van der Waals surface area contributed by atoms with E-state index in [1.54, 1.807) is 24.3 Å². The Bertz CT molecular complexity index is 1380. The number of carbonyl (C=O) groups excluding carboxylic acids is 4. The quantitative estimate of drug-likeness (QED) is 0.0700. The van der Waals surface area contributed by atoms with Crippen LogP contribution in [0.15, 0.2) is 61.7 Å². The van der Waals surface area contributed by atoms with Gasteiger partial charge in [-0.25, -0.2) is 9.59 Å². The standard InChI is InChI=1S/C34H42O14/c1-7-9-23-11-12-27(45-17-24(19-47-31(39)21(3)4)33(41)43-15-13-28(35)36)26(10-8-2)30(23)46-18-25(20-48-32(40)22(5)6)34(42)44-16-14-29(37)38/h7-8,11-12,24-25H,1-3,5,9-10,13-20H2,4,6H3,(H,35,36)(H,37,38). The largest absolute Gasteiger partial charge is 0.492 e. The number of benzene rings is 1. The Labute approximate surface area is 278 Å². The lowest BCUT2D eigenvalue weighted by Gasteiger charge is -2.23. The van der Waals surface area contributed by atoms with E-state index < -0.39 is 86.9 Å². The fraction of sp³-hybridized carbons (Fsp3) is 0.412. The summed E-state index contributed by atoms with van der Waals surface area (Å²) in [6.45, 7) is 15.0. The lowest BCUT2D eigenvalue weighted by molar-refractivity contribution is -0.158. The van der Waals surface area contributed by atoms with Crippen LogP contribution in [-0.4, -0.2) is 85.7 Å². The minimum Gasteiger partial charge on any atom is -0.492 e. The lowest BCUT2D eigenvalue weighted by atomic mass is 10.0. The number of ether oxygens (including phenoxy) is 6. The summed E-state index contributed by atoms with van der Waals surface area (Å²) in [6, 6.07) is 3.28. The summed E-state index contributed by atoms with van der Waals surface area (Å²) in [5, 5.41) is 17.8. The van der Waals surface area contributed by atoms with Gasteiger partial charge in [0.1, 0.15) is 63.0 Å². The number of hydrogen-bond donors (Lipinski definition) is 2. The molecule has 0 aliphatic rings. The van der Waals surface area contributed by atoms with Crippen LogP contribution < -0.4 is 9.47 Å². The number of carbonyl (C=O) groups is 6. The van der Waals surface area contributed by atoms with Crippen LogP contribution in [-0.2, 0) is 60.6 Å². The summed E-state index contributed by atoms with van der Waals surface area (Å²) in [5.41, 5.74) is 1.28. The first-order chi connectivity index (χ1) is 22.7. The maximum absolute atomic E-state index is 12.8. The highest BCUT2D eigenvalue weighted by Crippen LogP contribution is 2.35. The maximum atomic E-state index is 12.8. The summed E-state index contributed by atoms with van der Waals surface area (Å²) >= 11 is 0. The zero-order valence-corrected chi connectivity index (χ0v) is 27.2. The average Bonchev–Trinajstić information content (AvgIpc) is 3.01. The maximum Gasteiger partial charge on any atom is 0.333 e. The third-order valence-corrected chi connectivity index (χ3v) is 6.20. The van der Waals surface area contributed by atoms with Crippen LogP contribution >= 0.6 is 0 Å². The van der Waals surface area contributed by atoms with Crippen molar-refractivity contribution in [2.24, 2.45) is 11.8 Å². The molecular formula is C34H42O14. The molecule has 0 aliphatic heterocycles. The molecule has 0 saturated heterocycles. The molecule has 262 valence electrons. The van der Waals surface area contributed by atoms with Crippen LogP contribution in [0.25, 0.3) is 0 Å². The number of esters is 4. The van der Waals surface area contributed by atoms with E-state index in [4.69, 9.17) is 38.6 Å². The zero-order chi connectivity index (χ0) is 36.2. The number of rotatable bonds is 24. The third-order valence-electron chi connectivity index (χ3n) is 6.20. The van der Waals surface area contributed by atoms with Gasteiger partial charge in [0, 0.05) is 16.7 Å². The third kappa shape index (κ3) is 14.8. The molecule has 0 spiro atoms. The minimum atomic E-state index is -1.17. The second kappa shape index (κ2) is 21.4. The Kier molecular flexibility index (Phi) is 18.1. The first-order valence-corrected chi connectivity index (χ1v) is 14.8. The Morgan fingerprint density at radius 1 is 0.688 bits per heavy atom. The van der Waals surface area contributed by atoms with E-state index in [1.165, 1.54) is 13.8 Å². The van der Waals surface area contributed by atoms with Gasteiger partial charge in [-0.05, 0) is 38.3 Å². The molecular weight excluding hydrogens is 632 g/mol. The highest BCUT2D eigenvalue weighted by atomic mass is 16.6. The molecule has 48 heavy (non-hydrogen) atoms. The van der Waals surface area contributed by atoms with E-state index in [1.807, 2.05) is 0 Å². The van der Waals surface area contributed by atoms with Gasteiger partial charge in [-0.3, -0.25) is 19.2 Å². The highest BCUT2D eigenvalue weighted by Gasteiger charge is 2.27. The number of hydrogen-bond acceptors (Lipinski definition) is 12. The Morgan fingerprint density at radius 2 is 1.15 bits per heavy atom. The molecule has 1 rings (SSSR count). The molecule has 2 atom stereocenters. The van der Waals surface area contributed by atoms with E-state index in [0.29, 0.717) is 17.5 Å². The molecule has 1 aromatic rings. The van der Waals surface area contributed by atoms with Gasteiger partial charge >= 0.3 is 35.8 Å². The average molecular weight is 675 g/mol. The second-order valence-corrected chi connectivity index (χ2v) is 10.4. The fourth-order valence-electron chi connectivity index (χ4n) is 3.68. The van der Waals surface area contributed by atoms with Crippen molar-refractivity contribution in [1.82, 2.24) is 0 Å². The van der Waals surface area contributed by atoms with Gasteiger partial charge < -0.3 is 38.6 Å². The normalized spacial score (nSPS) is 11.5. The van der Waals surface area contributed by atoms with E-state index >= 15 is 0 Å². The van der Waals surface area contributed by atoms with Crippen molar-refractivity contribution >= 4 is 35.8 Å². The molecule has 0 aliphatic carbocycles. The van der Waals surface area contributed by atoms with Crippen molar-refractivity contribution in [2.45, 2.75) is 39.5 Å². The summed E-state index contributed by atoms with van der Waals surface area (Å²) < 4.78 is 32.5. The molecule has 0 bridgehead atoms. The molecule has 0 radical (unpaired) electrons. The molecule has 0 fully saturated rings. The summed E-state index contributed by atoms with van der Waals surface area (Å²) in [7, 11) is 0. The summed E-state index contributed by atoms with van der Waals surface area (Å²) in [6.07, 6.45) is 2.83. The number of aliphatic carboxylic acids is 2. The van der Waals surface area contributed by atoms with Crippen LogP contribution in [0.1, 0.15) is 37.8 Å². The topological polar surface area (TPSA) is 198 Å². The van der Waals surface area contributed by atoms with Crippen molar-refractivity contribution in [1.29, 1.82) is 0 Å². The second-order valence-electron chi connectivity index (χ2n) is 10.4. The van der Waals surface area contributed by atoms with Crippen molar-refractivity contribution in [3.63, 3.8) is 0 Å². The molecule has 0 amide bonds. The fourth-order valence-corrected chi connectivity index (χ4v) is 3.68. The lowest BCUT2D eigenvalue weighted by Crippen LogP contribution is -2.31. The van der Waals surface area contributed by atoms with Crippen molar-refractivity contribution < 1.29 is 67.4 Å². The van der Waals surface area contributed by atoms with E-state index in [2.05, 4.69) is 26.3 Å². The molecule has 2 unspecified atom stereocenters. The molecule has 0 heterocycles. The molecule has 0 saturated carbocycles. The Balaban J connectivity index is 3.37. The zero-order valence-electron chi connectivity index (χ0n) is 27.2. The molecule has 14 heteroatoms. The molecule has 14 nitrogen and oxygen atoms in total. The van der Waals surface area contributed by atoms with Crippen LogP contribution in [0.2, 0.25) is 0 Å². The molecule has 2 N–H and O–H groups in total. The highest BCUT2D eigenvalue weighted by molar-refractivity contribution is 5.87. The smallest absolute Gasteiger partial charge is 0.333 e. The predicted octanol–water partition coefficient (Wildman–Crippen LogP) is 3.41. The van der Waals surface area contributed by atoms with E-state index in [9.17, 15) is 28.8 Å². The Hall–Kier alpha value is -5.40. The van der Waals surface area contributed by atoms with E-state index in [-0.39, 0.29) is 42.3 Å². The van der Waals surface area contributed by atoms with Gasteiger partial charge in [0.05, 0.1) is 12.8 Å². The van der Waals surface area contributed by atoms with Gasteiger partial charge in [-0.15, -0.1) is 13.2 Å². The van der Waals surface area contributed by atoms with Crippen LogP contribution in [0.4, 0.5) is 0 Å². The van der Waals surface area contributed by atoms with Gasteiger partial charge in [0.2, 0.25) is 0 Å². The monoisotopic (exact) mass is 674 g/mol. The van der Waals surface area contributed by atoms with Gasteiger partial charge in [-0.1, -0.05) is 31.4 Å². The SMILES string of the molecule is C=CCc1ccc(OCC(COC(=O)C(=C)C)C(=O)OCCC(=O)O)c(CC=C)c1OCC(COC(=O)C(=C)C)C(=O)OCCC(=O)O.